The Morgan fingerprint density at radius 3 is 2.69 bits per heavy atom. The highest BCUT2D eigenvalue weighted by Crippen LogP contribution is 2.35. The van der Waals surface area contributed by atoms with Crippen LogP contribution in [0, 0.1) is 0 Å². The van der Waals surface area contributed by atoms with Crippen molar-refractivity contribution >= 4 is 56.5 Å². The largest absolute Gasteiger partial charge is 0.272 e. The first-order chi connectivity index (χ1) is 17.0. The number of thioether (sulfide) groups is 1. The van der Waals surface area contributed by atoms with Gasteiger partial charge in [0.25, 0.3) is 11.5 Å². The van der Waals surface area contributed by atoms with Crippen LogP contribution in [0.2, 0.25) is 5.02 Å². The number of carbonyl (C=O) groups is 1. The summed E-state index contributed by atoms with van der Waals surface area (Å²) in [5.74, 6) is -0.226. The number of aromatic nitrogens is 2. The maximum absolute atomic E-state index is 13.7. The van der Waals surface area contributed by atoms with Gasteiger partial charge >= 0.3 is 0 Å². The standard InChI is InChI=1S/C26H23ClN4O2S2/c1-16(18-11-5-7-13-20(18)27)29-30-22(32)15-34-26-28-24-23(19-12-6-8-14-21(19)35-24)25(33)31(26)17-9-3-2-4-10-17/h2-5,7,9-11,13H,6,8,12,14-15H2,1H3,(H,30,32)/b29-16+. The number of fused-ring (bicyclic) bond motifs is 3. The molecule has 1 amide bonds. The number of aryl methyl sites for hydroxylation is 2. The summed E-state index contributed by atoms with van der Waals surface area (Å²) < 4.78 is 1.63. The van der Waals surface area contributed by atoms with Crippen molar-refractivity contribution in [3.63, 3.8) is 0 Å². The minimum atomic E-state index is -0.291. The molecule has 0 bridgehead atoms. The third-order valence-corrected chi connectivity index (χ3v) is 8.37. The zero-order chi connectivity index (χ0) is 24.4. The number of hydrazone groups is 1. The van der Waals surface area contributed by atoms with Crippen molar-refractivity contribution in [2.24, 2.45) is 5.10 Å². The molecule has 4 aromatic rings. The topological polar surface area (TPSA) is 76.3 Å². The number of hydrogen-bond donors (Lipinski definition) is 1. The molecule has 6 nitrogen and oxygen atoms in total. The quantitative estimate of drug-likeness (QED) is 0.154. The van der Waals surface area contributed by atoms with Crippen LogP contribution >= 0.6 is 34.7 Å². The zero-order valence-electron chi connectivity index (χ0n) is 19.1. The van der Waals surface area contributed by atoms with Gasteiger partial charge in [-0.1, -0.05) is 59.8 Å². The molecule has 5 rings (SSSR count). The first-order valence-electron chi connectivity index (χ1n) is 11.4. The number of hydrogen-bond acceptors (Lipinski definition) is 6. The highest BCUT2D eigenvalue weighted by atomic mass is 35.5. The van der Waals surface area contributed by atoms with E-state index in [-0.39, 0.29) is 17.2 Å². The molecule has 178 valence electrons. The van der Waals surface area contributed by atoms with Crippen LogP contribution in [0.15, 0.2) is 69.6 Å². The lowest BCUT2D eigenvalue weighted by molar-refractivity contribution is -0.118. The van der Waals surface area contributed by atoms with E-state index in [4.69, 9.17) is 16.6 Å². The van der Waals surface area contributed by atoms with Gasteiger partial charge in [0.05, 0.1) is 22.5 Å². The van der Waals surface area contributed by atoms with Gasteiger partial charge in [0.15, 0.2) is 5.16 Å². The van der Waals surface area contributed by atoms with Crippen molar-refractivity contribution in [1.29, 1.82) is 0 Å². The Morgan fingerprint density at radius 2 is 1.89 bits per heavy atom. The molecule has 35 heavy (non-hydrogen) atoms. The average molecular weight is 523 g/mol. The summed E-state index contributed by atoms with van der Waals surface area (Å²) in [5, 5.41) is 5.98. The monoisotopic (exact) mass is 522 g/mol. The van der Waals surface area contributed by atoms with Crippen molar-refractivity contribution < 1.29 is 4.79 Å². The van der Waals surface area contributed by atoms with E-state index in [9.17, 15) is 9.59 Å². The molecule has 0 saturated heterocycles. The molecule has 1 aliphatic rings. The predicted molar refractivity (Wildman–Crippen MR) is 144 cm³/mol. The molecule has 0 saturated carbocycles. The normalized spacial score (nSPS) is 13.6. The Morgan fingerprint density at radius 1 is 1.14 bits per heavy atom. The van der Waals surface area contributed by atoms with Crippen LogP contribution in [0.1, 0.15) is 35.8 Å². The number of para-hydroxylation sites is 1. The molecule has 2 heterocycles. The molecule has 2 aromatic carbocycles. The molecular formula is C26H23ClN4O2S2. The number of carbonyl (C=O) groups excluding carboxylic acids is 1. The summed E-state index contributed by atoms with van der Waals surface area (Å²) >= 11 is 9.05. The summed E-state index contributed by atoms with van der Waals surface area (Å²) in [7, 11) is 0. The summed E-state index contributed by atoms with van der Waals surface area (Å²) in [6.07, 6.45) is 4.14. The third kappa shape index (κ3) is 4.91. The highest BCUT2D eigenvalue weighted by Gasteiger charge is 2.23. The summed E-state index contributed by atoms with van der Waals surface area (Å²) in [6.45, 7) is 1.79. The lowest BCUT2D eigenvalue weighted by Gasteiger charge is -2.13. The number of halogens is 1. The molecule has 1 aliphatic carbocycles. The maximum atomic E-state index is 13.7. The molecular weight excluding hydrogens is 500 g/mol. The van der Waals surface area contributed by atoms with E-state index in [1.165, 1.54) is 16.6 Å². The highest BCUT2D eigenvalue weighted by molar-refractivity contribution is 7.99. The van der Waals surface area contributed by atoms with Gasteiger partial charge in [-0.2, -0.15) is 5.10 Å². The Labute approximate surface area is 216 Å². The van der Waals surface area contributed by atoms with E-state index in [2.05, 4.69) is 10.5 Å². The Balaban J connectivity index is 1.44. The Kier molecular flexibility index (Phi) is 7.04. The van der Waals surface area contributed by atoms with Gasteiger partial charge < -0.3 is 0 Å². The summed E-state index contributed by atoms with van der Waals surface area (Å²) in [5.41, 5.74) is 5.77. The Hall–Kier alpha value is -2.94. The van der Waals surface area contributed by atoms with Gasteiger partial charge in [-0.05, 0) is 56.4 Å². The van der Waals surface area contributed by atoms with Crippen LogP contribution in [0.4, 0.5) is 0 Å². The molecule has 2 aromatic heterocycles. The second-order valence-electron chi connectivity index (χ2n) is 8.26. The second kappa shape index (κ2) is 10.4. The molecule has 0 radical (unpaired) electrons. The Bertz CT molecular complexity index is 1490. The average Bonchev–Trinajstić information content (AvgIpc) is 3.25. The zero-order valence-corrected chi connectivity index (χ0v) is 21.5. The second-order valence-corrected chi connectivity index (χ2v) is 10.7. The smallest absolute Gasteiger partial charge is 0.267 e. The van der Waals surface area contributed by atoms with E-state index < -0.39 is 0 Å². The van der Waals surface area contributed by atoms with Crippen molar-refractivity contribution in [2.45, 2.75) is 37.8 Å². The van der Waals surface area contributed by atoms with Crippen molar-refractivity contribution in [3.05, 3.63) is 86.0 Å². The number of nitrogens with one attached hydrogen (secondary N) is 1. The van der Waals surface area contributed by atoms with E-state index in [1.54, 1.807) is 28.9 Å². The molecule has 0 fully saturated rings. The van der Waals surface area contributed by atoms with Crippen molar-refractivity contribution in [3.8, 4) is 5.69 Å². The first kappa shape index (κ1) is 23.8. The van der Waals surface area contributed by atoms with Crippen LogP contribution in [0.25, 0.3) is 15.9 Å². The van der Waals surface area contributed by atoms with Gasteiger partial charge in [0.1, 0.15) is 4.83 Å². The SMILES string of the molecule is C/C(=N\NC(=O)CSc1nc2sc3c(c2c(=O)n1-c1ccccc1)CCCC3)c1ccccc1Cl. The lowest BCUT2D eigenvalue weighted by atomic mass is 9.97. The van der Waals surface area contributed by atoms with E-state index in [0.29, 0.717) is 15.9 Å². The van der Waals surface area contributed by atoms with Crippen LogP contribution in [-0.2, 0) is 17.6 Å². The van der Waals surface area contributed by atoms with E-state index in [1.807, 2.05) is 48.5 Å². The fourth-order valence-electron chi connectivity index (χ4n) is 4.21. The molecule has 9 heteroatoms. The van der Waals surface area contributed by atoms with Gasteiger partial charge in [-0.25, -0.2) is 10.4 Å². The fraction of sp³-hybridized carbons (Fsp3) is 0.231. The number of nitrogens with zero attached hydrogens (tertiary/aromatic N) is 3. The maximum Gasteiger partial charge on any atom is 0.267 e. The summed E-state index contributed by atoms with van der Waals surface area (Å²) in [4.78, 5) is 33.2. The van der Waals surface area contributed by atoms with Crippen LogP contribution < -0.4 is 11.0 Å². The van der Waals surface area contributed by atoms with Gasteiger partial charge in [-0.3, -0.25) is 14.2 Å². The minimum Gasteiger partial charge on any atom is -0.272 e. The molecule has 0 spiro atoms. The van der Waals surface area contributed by atoms with E-state index in [0.717, 1.165) is 52.7 Å². The summed E-state index contributed by atoms with van der Waals surface area (Å²) in [6, 6.07) is 16.8. The number of benzene rings is 2. The fourth-order valence-corrected chi connectivity index (χ4v) is 6.59. The first-order valence-corrected chi connectivity index (χ1v) is 13.5. The van der Waals surface area contributed by atoms with Crippen LogP contribution in [0.3, 0.4) is 0 Å². The van der Waals surface area contributed by atoms with Gasteiger partial charge in [0.2, 0.25) is 0 Å². The molecule has 0 unspecified atom stereocenters. The number of amides is 1. The van der Waals surface area contributed by atoms with Gasteiger partial charge in [0, 0.05) is 15.5 Å². The molecule has 1 N–H and O–H groups in total. The van der Waals surface area contributed by atoms with Crippen LogP contribution in [0.5, 0.6) is 0 Å². The predicted octanol–water partition coefficient (Wildman–Crippen LogP) is 5.61. The van der Waals surface area contributed by atoms with Crippen molar-refractivity contribution in [1.82, 2.24) is 15.0 Å². The van der Waals surface area contributed by atoms with Gasteiger partial charge in [-0.15, -0.1) is 11.3 Å². The molecule has 0 atom stereocenters. The van der Waals surface area contributed by atoms with E-state index >= 15 is 0 Å². The minimum absolute atomic E-state index is 0.0647. The third-order valence-electron chi connectivity index (χ3n) is 5.92. The number of rotatable bonds is 6. The van der Waals surface area contributed by atoms with Crippen LogP contribution in [-0.4, -0.2) is 26.9 Å². The van der Waals surface area contributed by atoms with Crippen molar-refractivity contribution in [2.75, 3.05) is 5.75 Å². The number of thiophene rings is 1. The lowest BCUT2D eigenvalue weighted by Crippen LogP contribution is -2.24. The molecule has 0 aliphatic heterocycles.